The summed E-state index contributed by atoms with van der Waals surface area (Å²) in [7, 11) is 0. The minimum absolute atomic E-state index is 0.0488. The van der Waals surface area contributed by atoms with Crippen molar-refractivity contribution in [3.05, 3.63) is 71.3 Å². The molecule has 122 valence electrons. The molecule has 0 unspecified atom stereocenters. The molecule has 0 fully saturated rings. The van der Waals surface area contributed by atoms with Gasteiger partial charge in [-0.05, 0) is 30.5 Å². The Morgan fingerprint density at radius 3 is 2.22 bits per heavy atom. The molecule has 0 spiro atoms. The van der Waals surface area contributed by atoms with Gasteiger partial charge in [0.1, 0.15) is 0 Å². The van der Waals surface area contributed by atoms with Crippen LogP contribution in [0.15, 0.2) is 54.6 Å². The fraction of sp³-hybridized carbons (Fsp3) is 0.350. The number of carboxylic acids is 1. The summed E-state index contributed by atoms with van der Waals surface area (Å²) in [5.41, 5.74) is 3.68. The van der Waals surface area contributed by atoms with Gasteiger partial charge in [-0.15, -0.1) is 0 Å². The summed E-state index contributed by atoms with van der Waals surface area (Å²) in [6, 6.07) is 18.4. The zero-order valence-corrected chi connectivity index (χ0v) is 14.1. The number of benzene rings is 2. The maximum Gasteiger partial charge on any atom is 0.307 e. The van der Waals surface area contributed by atoms with E-state index in [9.17, 15) is 9.90 Å². The molecule has 3 nitrogen and oxygen atoms in total. The molecule has 0 saturated carbocycles. The lowest BCUT2D eigenvalue weighted by molar-refractivity contribution is -0.143. The highest BCUT2D eigenvalue weighted by molar-refractivity contribution is 5.70. The first-order chi connectivity index (χ1) is 11.0. The molecule has 0 amide bonds. The molecule has 3 heteroatoms. The summed E-state index contributed by atoms with van der Waals surface area (Å²) in [6.45, 7) is 7.37. The number of rotatable bonds is 7. The molecule has 2 rings (SSSR count). The van der Waals surface area contributed by atoms with Crippen LogP contribution in [0.4, 0.5) is 0 Å². The van der Waals surface area contributed by atoms with Crippen molar-refractivity contribution in [1.29, 1.82) is 0 Å². The zero-order chi connectivity index (χ0) is 16.8. The van der Waals surface area contributed by atoms with Crippen molar-refractivity contribution in [2.45, 2.75) is 39.9 Å². The van der Waals surface area contributed by atoms with Crippen molar-refractivity contribution >= 4 is 5.97 Å². The third-order valence-electron chi connectivity index (χ3n) is 4.55. The van der Waals surface area contributed by atoms with E-state index in [0.29, 0.717) is 0 Å². The fourth-order valence-electron chi connectivity index (χ4n) is 2.69. The van der Waals surface area contributed by atoms with E-state index in [2.05, 4.69) is 36.1 Å². The van der Waals surface area contributed by atoms with Crippen LogP contribution in [0, 0.1) is 12.8 Å². The van der Waals surface area contributed by atoms with E-state index in [0.717, 1.165) is 13.1 Å². The molecule has 1 N–H and O–H groups in total. The van der Waals surface area contributed by atoms with Crippen molar-refractivity contribution < 1.29 is 9.90 Å². The monoisotopic (exact) mass is 311 g/mol. The van der Waals surface area contributed by atoms with Crippen molar-refractivity contribution in [2.24, 2.45) is 5.92 Å². The number of nitrogens with zero attached hydrogens (tertiary/aromatic N) is 1. The first-order valence-electron chi connectivity index (χ1n) is 8.04. The number of carbonyl (C=O) groups is 1. The molecular formula is C20H25NO2. The van der Waals surface area contributed by atoms with Gasteiger partial charge >= 0.3 is 5.97 Å². The van der Waals surface area contributed by atoms with Gasteiger partial charge in [-0.3, -0.25) is 9.69 Å². The van der Waals surface area contributed by atoms with E-state index in [4.69, 9.17) is 0 Å². The number of hydrogen-bond donors (Lipinski definition) is 1. The van der Waals surface area contributed by atoms with E-state index in [1.54, 1.807) is 6.92 Å². The van der Waals surface area contributed by atoms with Crippen LogP contribution in [0.1, 0.15) is 30.5 Å². The molecule has 0 saturated heterocycles. The van der Waals surface area contributed by atoms with E-state index in [-0.39, 0.29) is 6.04 Å². The molecule has 0 heterocycles. The van der Waals surface area contributed by atoms with Gasteiger partial charge in [-0.25, -0.2) is 0 Å². The summed E-state index contributed by atoms with van der Waals surface area (Å²) in [6.07, 6.45) is 0. The summed E-state index contributed by atoms with van der Waals surface area (Å²) in [5, 5.41) is 9.36. The predicted octanol–water partition coefficient (Wildman–Crippen LogP) is 4.11. The van der Waals surface area contributed by atoms with Crippen LogP contribution in [0.5, 0.6) is 0 Å². The summed E-state index contributed by atoms with van der Waals surface area (Å²) in [4.78, 5) is 13.6. The van der Waals surface area contributed by atoms with Crippen LogP contribution in [-0.2, 0) is 17.9 Å². The number of carboxylic acid groups (broad SMARTS) is 1. The lowest BCUT2D eigenvalue weighted by atomic mass is 9.99. The second-order valence-electron chi connectivity index (χ2n) is 6.18. The Morgan fingerprint density at radius 2 is 1.61 bits per heavy atom. The van der Waals surface area contributed by atoms with Gasteiger partial charge in [0.05, 0.1) is 5.92 Å². The summed E-state index contributed by atoms with van der Waals surface area (Å²) >= 11 is 0. The number of aliphatic carboxylic acids is 1. The van der Waals surface area contributed by atoms with E-state index in [1.165, 1.54) is 16.7 Å². The Balaban J connectivity index is 2.23. The Bertz CT molecular complexity index is 639. The zero-order valence-electron chi connectivity index (χ0n) is 14.1. The third-order valence-corrected chi connectivity index (χ3v) is 4.55. The highest BCUT2D eigenvalue weighted by Gasteiger charge is 2.25. The Kier molecular flexibility index (Phi) is 5.94. The molecule has 23 heavy (non-hydrogen) atoms. The van der Waals surface area contributed by atoms with Crippen LogP contribution >= 0.6 is 0 Å². The second-order valence-corrected chi connectivity index (χ2v) is 6.18. The Morgan fingerprint density at radius 1 is 1.00 bits per heavy atom. The SMILES string of the molecule is Cc1ccccc1CN(Cc1ccccc1)[C@H](C)[C@@H](C)C(=O)O. The van der Waals surface area contributed by atoms with Crippen LogP contribution in [-0.4, -0.2) is 22.0 Å². The van der Waals surface area contributed by atoms with Gasteiger partial charge in [0.15, 0.2) is 0 Å². The standard InChI is InChI=1S/C20H25NO2/c1-15-9-7-8-12-19(15)14-21(17(3)16(2)20(22)23)13-18-10-5-4-6-11-18/h4-12,16-17H,13-14H2,1-3H3,(H,22,23)/t16-,17-/m1/s1. The molecule has 2 aromatic rings. The van der Waals surface area contributed by atoms with Gasteiger partial charge in [0, 0.05) is 19.1 Å². The average Bonchev–Trinajstić information content (AvgIpc) is 2.55. The van der Waals surface area contributed by atoms with Crippen molar-refractivity contribution in [3.63, 3.8) is 0 Å². The molecule has 0 aromatic heterocycles. The third kappa shape index (κ3) is 4.67. The highest BCUT2D eigenvalue weighted by atomic mass is 16.4. The fourth-order valence-corrected chi connectivity index (χ4v) is 2.69. The van der Waals surface area contributed by atoms with Gasteiger partial charge < -0.3 is 5.11 Å². The van der Waals surface area contributed by atoms with Crippen LogP contribution in [0.2, 0.25) is 0 Å². The molecule has 0 aliphatic heterocycles. The topological polar surface area (TPSA) is 40.5 Å². The highest BCUT2D eigenvalue weighted by Crippen LogP contribution is 2.20. The number of aryl methyl sites for hydroxylation is 1. The maximum atomic E-state index is 11.4. The van der Waals surface area contributed by atoms with Crippen LogP contribution < -0.4 is 0 Å². The smallest absolute Gasteiger partial charge is 0.307 e. The Labute approximate surface area is 138 Å². The number of hydrogen-bond acceptors (Lipinski definition) is 2. The predicted molar refractivity (Wildman–Crippen MR) is 93.1 cm³/mol. The molecule has 0 bridgehead atoms. The van der Waals surface area contributed by atoms with E-state index < -0.39 is 11.9 Å². The lowest BCUT2D eigenvalue weighted by Crippen LogP contribution is -2.39. The quantitative estimate of drug-likeness (QED) is 0.836. The molecule has 2 atom stereocenters. The molecule has 0 aliphatic carbocycles. The maximum absolute atomic E-state index is 11.4. The lowest BCUT2D eigenvalue weighted by Gasteiger charge is -2.32. The van der Waals surface area contributed by atoms with E-state index >= 15 is 0 Å². The van der Waals surface area contributed by atoms with Gasteiger partial charge in [0.25, 0.3) is 0 Å². The second kappa shape index (κ2) is 7.93. The summed E-state index contributed by atoms with van der Waals surface area (Å²) in [5.74, 6) is -1.16. The minimum atomic E-state index is -0.750. The average molecular weight is 311 g/mol. The minimum Gasteiger partial charge on any atom is -0.481 e. The van der Waals surface area contributed by atoms with Crippen LogP contribution in [0.3, 0.4) is 0 Å². The molecule has 0 aliphatic rings. The van der Waals surface area contributed by atoms with Crippen molar-refractivity contribution in [1.82, 2.24) is 4.90 Å². The molecule has 2 aromatic carbocycles. The van der Waals surface area contributed by atoms with E-state index in [1.807, 2.05) is 37.3 Å². The molecule has 0 radical (unpaired) electrons. The van der Waals surface area contributed by atoms with Gasteiger partial charge in [-0.1, -0.05) is 61.5 Å². The largest absolute Gasteiger partial charge is 0.481 e. The Hall–Kier alpha value is -2.13. The first kappa shape index (κ1) is 17.2. The normalized spacial score (nSPS) is 13.7. The van der Waals surface area contributed by atoms with Gasteiger partial charge in [-0.2, -0.15) is 0 Å². The molecular weight excluding hydrogens is 286 g/mol. The van der Waals surface area contributed by atoms with Crippen LogP contribution in [0.25, 0.3) is 0 Å². The van der Waals surface area contributed by atoms with Crippen molar-refractivity contribution in [3.8, 4) is 0 Å². The van der Waals surface area contributed by atoms with Crippen molar-refractivity contribution in [2.75, 3.05) is 0 Å². The van der Waals surface area contributed by atoms with Gasteiger partial charge in [0.2, 0.25) is 0 Å². The summed E-state index contributed by atoms with van der Waals surface area (Å²) < 4.78 is 0. The first-order valence-corrected chi connectivity index (χ1v) is 8.04.